The molecule has 36 heavy (non-hydrogen) atoms. The maximum Gasteiger partial charge on any atom is 0.326 e. The molecule has 0 fully saturated rings. The van der Waals surface area contributed by atoms with E-state index < -0.39 is 5.97 Å². The second-order valence-corrected chi connectivity index (χ2v) is 8.48. The summed E-state index contributed by atoms with van der Waals surface area (Å²) < 4.78 is 5.42. The molecule has 3 aromatic carbocycles. The molecule has 0 saturated carbocycles. The highest BCUT2D eigenvalue weighted by atomic mass is 16.5. The van der Waals surface area contributed by atoms with Gasteiger partial charge in [-0.05, 0) is 60.4 Å². The number of rotatable bonds is 10. The first kappa shape index (κ1) is 26.4. The van der Waals surface area contributed by atoms with Crippen LogP contribution in [0, 0.1) is 6.92 Å². The van der Waals surface area contributed by atoms with Crippen LogP contribution in [0.4, 0.5) is 21.9 Å². The zero-order chi connectivity index (χ0) is 26.1. The van der Waals surface area contributed by atoms with Crippen LogP contribution in [0.2, 0.25) is 0 Å². The lowest BCUT2D eigenvalue weighted by Crippen LogP contribution is -2.31. The smallest absolute Gasteiger partial charge is 0.326 e. The zero-order valence-electron chi connectivity index (χ0n) is 20.7. The number of carbonyl (C=O) groups is 3. The molecular formula is C28H31N3O5. The maximum atomic E-state index is 12.6. The minimum atomic E-state index is -0.884. The van der Waals surface area contributed by atoms with Crippen molar-refractivity contribution in [2.75, 3.05) is 29.7 Å². The Morgan fingerprint density at radius 1 is 0.944 bits per heavy atom. The number of benzene rings is 3. The third-order valence-corrected chi connectivity index (χ3v) is 5.80. The van der Waals surface area contributed by atoms with Crippen LogP contribution in [-0.2, 0) is 20.7 Å². The number of nitrogens with zero attached hydrogens (tertiary/aromatic N) is 1. The van der Waals surface area contributed by atoms with Gasteiger partial charge in [-0.2, -0.15) is 0 Å². The van der Waals surface area contributed by atoms with Crippen LogP contribution in [0.1, 0.15) is 35.6 Å². The number of ether oxygens (including phenoxy) is 1. The van der Waals surface area contributed by atoms with Crippen molar-refractivity contribution in [3.05, 3.63) is 89.5 Å². The zero-order valence-corrected chi connectivity index (χ0v) is 20.7. The number of methoxy groups -OCH3 is 1. The van der Waals surface area contributed by atoms with Crippen molar-refractivity contribution >= 4 is 35.0 Å². The topological polar surface area (TPSA) is 108 Å². The SMILES string of the molecule is COC(CCC(=O)O)c1cccc(NC(=O)Cc2ccc(NC(=O)N(C)c3ccccc3C)cc2)c1. The van der Waals surface area contributed by atoms with Crippen LogP contribution in [-0.4, -0.2) is 37.2 Å². The van der Waals surface area contributed by atoms with Crippen molar-refractivity contribution in [2.45, 2.75) is 32.3 Å². The van der Waals surface area contributed by atoms with E-state index in [4.69, 9.17) is 9.84 Å². The summed E-state index contributed by atoms with van der Waals surface area (Å²) in [5.41, 5.74) is 4.66. The lowest BCUT2D eigenvalue weighted by Gasteiger charge is -2.20. The molecule has 0 aliphatic heterocycles. The second kappa shape index (κ2) is 12.5. The summed E-state index contributed by atoms with van der Waals surface area (Å²) >= 11 is 0. The molecule has 0 aliphatic carbocycles. The number of carboxylic acid groups (broad SMARTS) is 1. The van der Waals surface area contributed by atoms with Gasteiger partial charge in [0.05, 0.1) is 12.5 Å². The van der Waals surface area contributed by atoms with Gasteiger partial charge in [0.15, 0.2) is 0 Å². The Balaban J connectivity index is 1.56. The minimum absolute atomic E-state index is 0.00622. The molecule has 8 nitrogen and oxygen atoms in total. The number of amides is 3. The van der Waals surface area contributed by atoms with Crippen molar-refractivity contribution in [3.8, 4) is 0 Å². The van der Waals surface area contributed by atoms with Crippen LogP contribution in [0.15, 0.2) is 72.8 Å². The average molecular weight is 490 g/mol. The van der Waals surface area contributed by atoms with Crippen molar-refractivity contribution in [3.63, 3.8) is 0 Å². The van der Waals surface area contributed by atoms with E-state index in [1.165, 1.54) is 7.11 Å². The second-order valence-electron chi connectivity index (χ2n) is 8.48. The molecule has 3 aromatic rings. The lowest BCUT2D eigenvalue weighted by atomic mass is 10.0. The van der Waals surface area contributed by atoms with Gasteiger partial charge in [-0.1, -0.05) is 42.5 Å². The monoisotopic (exact) mass is 489 g/mol. The quantitative estimate of drug-likeness (QED) is 0.354. The molecule has 1 unspecified atom stereocenters. The minimum Gasteiger partial charge on any atom is -0.481 e. The number of hydrogen-bond acceptors (Lipinski definition) is 4. The van der Waals surface area contributed by atoms with Gasteiger partial charge < -0.3 is 20.5 Å². The number of para-hydroxylation sites is 1. The standard InChI is InChI=1S/C28H31N3O5/c1-19-7-4-5-10-24(19)31(2)28(35)30-22-13-11-20(12-14-22)17-26(32)29-23-9-6-8-21(18-23)25(36-3)15-16-27(33)34/h4-14,18,25H,15-17H2,1-3H3,(H,29,32)(H,30,35)(H,33,34). The fourth-order valence-electron chi connectivity index (χ4n) is 3.84. The summed E-state index contributed by atoms with van der Waals surface area (Å²) in [5.74, 6) is -1.08. The third-order valence-electron chi connectivity index (χ3n) is 5.80. The van der Waals surface area contributed by atoms with Gasteiger partial charge in [0.25, 0.3) is 0 Å². The Morgan fingerprint density at radius 3 is 2.33 bits per heavy atom. The van der Waals surface area contributed by atoms with E-state index >= 15 is 0 Å². The van der Waals surface area contributed by atoms with Crippen molar-refractivity contribution in [1.82, 2.24) is 0 Å². The Hall–Kier alpha value is -4.17. The first-order chi connectivity index (χ1) is 17.3. The first-order valence-corrected chi connectivity index (χ1v) is 11.6. The van der Waals surface area contributed by atoms with Crippen molar-refractivity contribution in [2.24, 2.45) is 0 Å². The highest BCUT2D eigenvalue weighted by molar-refractivity contribution is 6.01. The van der Waals surface area contributed by atoms with Gasteiger partial charge in [-0.25, -0.2) is 4.79 Å². The maximum absolute atomic E-state index is 12.6. The van der Waals surface area contributed by atoms with Crippen LogP contribution < -0.4 is 15.5 Å². The Kier molecular flexibility index (Phi) is 9.19. The van der Waals surface area contributed by atoms with E-state index in [0.717, 1.165) is 22.4 Å². The summed E-state index contributed by atoms with van der Waals surface area (Å²) in [5, 5.41) is 14.7. The lowest BCUT2D eigenvalue weighted by molar-refractivity contribution is -0.137. The Bertz CT molecular complexity index is 1210. The van der Waals surface area contributed by atoms with E-state index in [9.17, 15) is 14.4 Å². The van der Waals surface area contributed by atoms with Gasteiger partial charge in [-0.3, -0.25) is 14.5 Å². The van der Waals surface area contributed by atoms with Crippen LogP contribution in [0.25, 0.3) is 0 Å². The molecule has 3 rings (SSSR count). The largest absolute Gasteiger partial charge is 0.481 e. The Morgan fingerprint density at radius 2 is 1.67 bits per heavy atom. The summed E-state index contributed by atoms with van der Waals surface area (Å²) in [6, 6.07) is 21.7. The normalized spacial score (nSPS) is 11.4. The highest BCUT2D eigenvalue weighted by Gasteiger charge is 2.15. The number of anilines is 3. The molecular weight excluding hydrogens is 458 g/mol. The fraction of sp³-hybridized carbons (Fsp3) is 0.250. The van der Waals surface area contributed by atoms with Crippen LogP contribution in [0.3, 0.4) is 0 Å². The molecule has 0 heterocycles. The molecule has 0 bridgehead atoms. The van der Waals surface area contributed by atoms with Gasteiger partial charge in [-0.15, -0.1) is 0 Å². The van der Waals surface area contributed by atoms with Gasteiger partial charge in [0, 0.05) is 37.6 Å². The van der Waals surface area contributed by atoms with Crippen LogP contribution >= 0.6 is 0 Å². The molecule has 3 amide bonds. The number of urea groups is 1. The predicted octanol–water partition coefficient (Wildman–Crippen LogP) is 5.40. The number of hydrogen-bond donors (Lipinski definition) is 3. The molecule has 0 saturated heterocycles. The van der Waals surface area contributed by atoms with E-state index in [2.05, 4.69) is 10.6 Å². The molecule has 0 aromatic heterocycles. The molecule has 0 spiro atoms. The van der Waals surface area contributed by atoms with Crippen LogP contribution in [0.5, 0.6) is 0 Å². The van der Waals surface area contributed by atoms with Crippen molar-refractivity contribution in [1.29, 1.82) is 0 Å². The van der Waals surface area contributed by atoms with E-state index in [1.54, 1.807) is 54.4 Å². The molecule has 188 valence electrons. The van der Waals surface area contributed by atoms with E-state index in [1.807, 2.05) is 37.3 Å². The average Bonchev–Trinajstić information content (AvgIpc) is 2.85. The third kappa shape index (κ3) is 7.41. The number of carbonyl (C=O) groups excluding carboxylic acids is 2. The summed E-state index contributed by atoms with van der Waals surface area (Å²) in [6.07, 6.45) is 0.125. The summed E-state index contributed by atoms with van der Waals surface area (Å²) in [7, 11) is 3.25. The van der Waals surface area contributed by atoms with Gasteiger partial charge in [0.2, 0.25) is 5.91 Å². The molecule has 3 N–H and O–H groups in total. The number of nitrogens with one attached hydrogen (secondary N) is 2. The summed E-state index contributed by atoms with van der Waals surface area (Å²) in [6.45, 7) is 1.95. The van der Waals surface area contributed by atoms with E-state index in [-0.39, 0.29) is 30.9 Å². The number of aryl methyl sites for hydroxylation is 1. The summed E-state index contributed by atoms with van der Waals surface area (Å²) in [4.78, 5) is 37.6. The van der Waals surface area contributed by atoms with Gasteiger partial charge >= 0.3 is 12.0 Å². The van der Waals surface area contributed by atoms with Gasteiger partial charge in [0.1, 0.15) is 0 Å². The van der Waals surface area contributed by atoms with Crippen molar-refractivity contribution < 1.29 is 24.2 Å². The Labute approximate surface area is 210 Å². The highest BCUT2D eigenvalue weighted by Crippen LogP contribution is 2.25. The van der Waals surface area contributed by atoms with E-state index in [0.29, 0.717) is 17.8 Å². The predicted molar refractivity (Wildman–Crippen MR) is 140 cm³/mol. The first-order valence-electron chi connectivity index (χ1n) is 11.6. The number of carboxylic acids is 1. The molecule has 8 heteroatoms. The molecule has 1 atom stereocenters. The number of aliphatic carboxylic acids is 1. The fourth-order valence-corrected chi connectivity index (χ4v) is 3.84. The molecule has 0 aliphatic rings. The molecule has 0 radical (unpaired) electrons.